The van der Waals surface area contributed by atoms with Crippen LogP contribution in [0, 0.1) is 0 Å². The van der Waals surface area contributed by atoms with E-state index in [0.717, 1.165) is 11.3 Å². The van der Waals surface area contributed by atoms with Gasteiger partial charge in [-0.05, 0) is 42.6 Å². The number of hydrogen-bond acceptors (Lipinski definition) is 7. The molecule has 2 rings (SSSR count). The molecule has 0 aliphatic rings. The molecule has 0 radical (unpaired) electrons. The molecule has 10 heteroatoms. The van der Waals surface area contributed by atoms with E-state index in [1.165, 1.54) is 37.3 Å². The van der Waals surface area contributed by atoms with Gasteiger partial charge in [0.05, 0.1) is 22.8 Å². The Morgan fingerprint density at radius 3 is 2.30 bits per heavy atom. The van der Waals surface area contributed by atoms with Gasteiger partial charge in [-0.3, -0.25) is 14.9 Å². The van der Waals surface area contributed by atoms with Crippen molar-refractivity contribution in [1.82, 2.24) is 5.32 Å². The minimum absolute atomic E-state index is 0.0350. The average Bonchev–Trinajstić information content (AvgIpc) is 3.10. The van der Waals surface area contributed by atoms with Gasteiger partial charge in [0, 0.05) is 5.56 Å². The van der Waals surface area contributed by atoms with E-state index >= 15 is 0 Å². The zero-order chi connectivity index (χ0) is 20.0. The quantitative estimate of drug-likeness (QED) is 0.756. The molecular formula is C17H18N2O6S2. The Balaban J connectivity index is 2.12. The normalized spacial score (nSPS) is 10.9. The summed E-state index contributed by atoms with van der Waals surface area (Å²) < 4.78 is 28.3. The van der Waals surface area contributed by atoms with Crippen molar-refractivity contribution in [2.75, 3.05) is 17.7 Å². The molecule has 0 saturated heterocycles. The summed E-state index contributed by atoms with van der Waals surface area (Å²) in [5.41, 5.74) is 0.349. The molecule has 27 heavy (non-hydrogen) atoms. The molecule has 1 aromatic carbocycles. The molecular weight excluding hydrogens is 392 g/mol. The van der Waals surface area contributed by atoms with Crippen molar-refractivity contribution in [2.24, 2.45) is 0 Å². The standard InChI is InChI=1S/C17H18N2O6S2/c1-3-25-17(22)19-15(21)13-9-10-26-16(13)18-14(20)11-5-7-12(8-6-11)27(23,24)4-2/h5-10H,3-4H2,1-2H3,(H,18,20)(H,19,21,22). The Morgan fingerprint density at radius 1 is 1.04 bits per heavy atom. The van der Waals surface area contributed by atoms with Crippen LogP contribution in [0.25, 0.3) is 0 Å². The molecule has 0 atom stereocenters. The Labute approximate surface area is 160 Å². The molecule has 2 N–H and O–H groups in total. The number of imide groups is 1. The second kappa shape index (κ2) is 8.78. The van der Waals surface area contributed by atoms with Crippen LogP contribution in [0.4, 0.5) is 9.80 Å². The monoisotopic (exact) mass is 410 g/mol. The lowest BCUT2D eigenvalue weighted by Crippen LogP contribution is -2.31. The lowest BCUT2D eigenvalue weighted by Gasteiger charge is -2.08. The van der Waals surface area contributed by atoms with E-state index < -0.39 is 27.7 Å². The van der Waals surface area contributed by atoms with Gasteiger partial charge in [-0.1, -0.05) is 6.92 Å². The Kier molecular flexibility index (Phi) is 6.70. The predicted octanol–water partition coefficient (Wildman–Crippen LogP) is 2.68. The van der Waals surface area contributed by atoms with Gasteiger partial charge < -0.3 is 10.1 Å². The van der Waals surface area contributed by atoms with E-state index in [1.54, 1.807) is 12.3 Å². The Bertz CT molecular complexity index is 948. The number of ether oxygens (including phenoxy) is 1. The second-order valence-electron chi connectivity index (χ2n) is 5.22. The smallest absolute Gasteiger partial charge is 0.414 e. The molecule has 1 aromatic heterocycles. The molecule has 144 valence electrons. The number of thiophene rings is 1. The van der Waals surface area contributed by atoms with Crippen molar-refractivity contribution in [2.45, 2.75) is 18.7 Å². The van der Waals surface area contributed by atoms with Gasteiger partial charge in [0.2, 0.25) is 0 Å². The lowest BCUT2D eigenvalue weighted by atomic mass is 10.2. The van der Waals surface area contributed by atoms with Crippen LogP contribution in [-0.2, 0) is 14.6 Å². The largest absolute Gasteiger partial charge is 0.450 e. The van der Waals surface area contributed by atoms with Crippen LogP contribution in [0.3, 0.4) is 0 Å². The number of rotatable bonds is 6. The summed E-state index contributed by atoms with van der Waals surface area (Å²) >= 11 is 1.11. The fraction of sp³-hybridized carbons (Fsp3) is 0.235. The maximum atomic E-state index is 12.4. The van der Waals surface area contributed by atoms with E-state index in [4.69, 9.17) is 0 Å². The van der Waals surface area contributed by atoms with E-state index in [9.17, 15) is 22.8 Å². The van der Waals surface area contributed by atoms with Crippen molar-refractivity contribution >= 4 is 44.1 Å². The van der Waals surface area contributed by atoms with E-state index in [2.05, 4.69) is 15.4 Å². The van der Waals surface area contributed by atoms with Crippen LogP contribution >= 0.6 is 11.3 Å². The number of nitrogens with one attached hydrogen (secondary N) is 2. The molecule has 3 amide bonds. The topological polar surface area (TPSA) is 119 Å². The number of hydrogen-bond donors (Lipinski definition) is 2. The Morgan fingerprint density at radius 2 is 1.70 bits per heavy atom. The first-order valence-corrected chi connectivity index (χ1v) is 10.5. The third-order valence-electron chi connectivity index (χ3n) is 3.48. The molecule has 0 saturated carbocycles. The number of sulfone groups is 1. The maximum absolute atomic E-state index is 12.4. The number of carbonyl (C=O) groups is 3. The highest BCUT2D eigenvalue weighted by atomic mass is 32.2. The number of anilines is 1. The molecule has 0 aliphatic carbocycles. The van der Waals surface area contributed by atoms with Crippen LogP contribution < -0.4 is 10.6 Å². The van der Waals surface area contributed by atoms with Crippen LogP contribution in [0.2, 0.25) is 0 Å². The zero-order valence-corrected chi connectivity index (χ0v) is 16.3. The lowest BCUT2D eigenvalue weighted by molar-refractivity contribution is 0.0926. The van der Waals surface area contributed by atoms with Gasteiger partial charge in [0.25, 0.3) is 11.8 Å². The fourth-order valence-corrected chi connectivity index (χ4v) is 3.73. The van der Waals surface area contributed by atoms with Crippen molar-refractivity contribution in [3.8, 4) is 0 Å². The van der Waals surface area contributed by atoms with Crippen LogP contribution in [-0.4, -0.2) is 38.7 Å². The number of carbonyl (C=O) groups excluding carboxylic acids is 3. The van der Waals surface area contributed by atoms with E-state index in [0.29, 0.717) is 0 Å². The minimum Gasteiger partial charge on any atom is -0.450 e. The number of alkyl carbamates (subject to hydrolysis) is 1. The molecule has 0 bridgehead atoms. The van der Waals surface area contributed by atoms with Crippen LogP contribution in [0.1, 0.15) is 34.6 Å². The van der Waals surface area contributed by atoms with Gasteiger partial charge in [-0.15, -0.1) is 11.3 Å². The van der Waals surface area contributed by atoms with Gasteiger partial charge >= 0.3 is 6.09 Å². The van der Waals surface area contributed by atoms with Crippen molar-refractivity contribution < 1.29 is 27.5 Å². The highest BCUT2D eigenvalue weighted by Gasteiger charge is 2.19. The molecule has 0 aliphatic heterocycles. The van der Waals surface area contributed by atoms with Gasteiger partial charge in [0.15, 0.2) is 9.84 Å². The summed E-state index contributed by atoms with van der Waals surface area (Å²) in [4.78, 5) is 35.9. The van der Waals surface area contributed by atoms with E-state index in [-0.39, 0.29) is 33.4 Å². The number of benzene rings is 1. The summed E-state index contributed by atoms with van der Waals surface area (Å²) in [5.74, 6) is -1.25. The predicted molar refractivity (Wildman–Crippen MR) is 101 cm³/mol. The highest BCUT2D eigenvalue weighted by molar-refractivity contribution is 7.91. The summed E-state index contributed by atoms with van der Waals surface area (Å²) in [7, 11) is -3.35. The number of amides is 3. The molecule has 0 spiro atoms. The molecule has 2 aromatic rings. The maximum Gasteiger partial charge on any atom is 0.414 e. The zero-order valence-electron chi connectivity index (χ0n) is 14.6. The van der Waals surface area contributed by atoms with Crippen molar-refractivity contribution in [1.29, 1.82) is 0 Å². The minimum atomic E-state index is -3.35. The van der Waals surface area contributed by atoms with Crippen LogP contribution in [0.5, 0.6) is 0 Å². The van der Waals surface area contributed by atoms with Crippen molar-refractivity contribution in [3.63, 3.8) is 0 Å². The Hall–Kier alpha value is -2.72. The third-order valence-corrected chi connectivity index (χ3v) is 6.06. The first-order valence-electron chi connectivity index (χ1n) is 7.98. The van der Waals surface area contributed by atoms with Gasteiger partial charge in [-0.2, -0.15) is 0 Å². The summed E-state index contributed by atoms with van der Waals surface area (Å²) in [5, 5.41) is 6.48. The average molecular weight is 410 g/mol. The van der Waals surface area contributed by atoms with Crippen molar-refractivity contribution in [3.05, 3.63) is 46.8 Å². The molecule has 1 heterocycles. The summed E-state index contributed by atoms with van der Waals surface area (Å²) in [6.45, 7) is 3.27. The summed E-state index contributed by atoms with van der Waals surface area (Å²) in [6, 6.07) is 6.96. The summed E-state index contributed by atoms with van der Waals surface area (Å²) in [6.07, 6.45) is -0.876. The first kappa shape index (κ1) is 20.6. The van der Waals surface area contributed by atoms with Gasteiger partial charge in [0.1, 0.15) is 5.00 Å². The third kappa shape index (κ3) is 5.14. The fourth-order valence-electron chi connectivity index (χ4n) is 2.07. The van der Waals surface area contributed by atoms with Crippen LogP contribution in [0.15, 0.2) is 40.6 Å². The molecule has 8 nitrogen and oxygen atoms in total. The highest BCUT2D eigenvalue weighted by Crippen LogP contribution is 2.24. The second-order valence-corrected chi connectivity index (χ2v) is 8.41. The first-order chi connectivity index (χ1) is 12.8. The van der Waals surface area contributed by atoms with E-state index in [1.807, 2.05) is 0 Å². The van der Waals surface area contributed by atoms with Gasteiger partial charge in [-0.25, -0.2) is 13.2 Å². The SMILES string of the molecule is CCOC(=O)NC(=O)c1ccsc1NC(=O)c1ccc(S(=O)(=O)CC)cc1. The molecule has 0 fully saturated rings. The molecule has 0 unspecified atom stereocenters.